The van der Waals surface area contributed by atoms with Crippen LogP contribution in [0.15, 0.2) is 66.4 Å². The lowest BCUT2D eigenvalue weighted by molar-refractivity contribution is -0.115. The van der Waals surface area contributed by atoms with E-state index in [1.165, 1.54) is 11.1 Å². The highest BCUT2D eigenvalue weighted by atomic mass is 16.1. The van der Waals surface area contributed by atoms with Gasteiger partial charge in [0, 0.05) is 23.9 Å². The fraction of sp³-hybridized carbons (Fsp3) is 0.211. The summed E-state index contributed by atoms with van der Waals surface area (Å²) in [6.45, 7) is 2.07. The maximum absolute atomic E-state index is 12.0. The Labute approximate surface area is 125 Å². The van der Waals surface area contributed by atoms with Gasteiger partial charge in [0.2, 0.25) is 0 Å². The highest BCUT2D eigenvalue weighted by Crippen LogP contribution is 2.32. The zero-order chi connectivity index (χ0) is 14.7. The van der Waals surface area contributed by atoms with Crippen LogP contribution in [-0.4, -0.2) is 5.78 Å². The third-order valence-electron chi connectivity index (χ3n) is 3.96. The van der Waals surface area contributed by atoms with Crippen molar-refractivity contribution in [3.63, 3.8) is 0 Å². The van der Waals surface area contributed by atoms with E-state index in [1.807, 2.05) is 36.4 Å². The van der Waals surface area contributed by atoms with Gasteiger partial charge >= 0.3 is 0 Å². The van der Waals surface area contributed by atoms with Crippen LogP contribution in [0.3, 0.4) is 0 Å². The molecule has 2 nitrogen and oxygen atoms in total. The van der Waals surface area contributed by atoms with Crippen molar-refractivity contribution >= 4 is 11.5 Å². The maximum Gasteiger partial charge on any atom is 0.158 e. The Morgan fingerprint density at radius 3 is 2.43 bits per heavy atom. The standard InChI is InChI=1S/C19H19NO/c1-14-7-5-6-10-19(14)20-17-11-16(12-18(21)13-17)15-8-3-2-4-9-15/h2-10,13,16,20H,11-12H2,1H3/t16-/m0/s1. The molecule has 0 aromatic heterocycles. The quantitative estimate of drug-likeness (QED) is 0.898. The van der Waals surface area contributed by atoms with E-state index in [9.17, 15) is 4.79 Å². The molecule has 106 valence electrons. The molecule has 0 saturated heterocycles. The molecule has 0 fully saturated rings. The fourth-order valence-corrected chi connectivity index (χ4v) is 2.83. The monoisotopic (exact) mass is 277 g/mol. The van der Waals surface area contributed by atoms with Crippen molar-refractivity contribution in [3.8, 4) is 0 Å². The van der Waals surface area contributed by atoms with Gasteiger partial charge in [-0.25, -0.2) is 0 Å². The SMILES string of the molecule is Cc1ccccc1NC1=CC(=O)C[C@@H](c2ccccc2)C1. The average molecular weight is 277 g/mol. The zero-order valence-electron chi connectivity index (χ0n) is 12.2. The number of benzene rings is 2. The van der Waals surface area contributed by atoms with E-state index in [-0.39, 0.29) is 11.7 Å². The lowest BCUT2D eigenvalue weighted by atomic mass is 9.85. The number of anilines is 1. The van der Waals surface area contributed by atoms with Crippen LogP contribution < -0.4 is 5.32 Å². The van der Waals surface area contributed by atoms with Gasteiger partial charge in [0.25, 0.3) is 0 Å². The number of aryl methyl sites for hydroxylation is 1. The summed E-state index contributed by atoms with van der Waals surface area (Å²) < 4.78 is 0. The molecule has 0 bridgehead atoms. The second-order valence-corrected chi connectivity index (χ2v) is 5.59. The second kappa shape index (κ2) is 5.96. The maximum atomic E-state index is 12.0. The molecule has 0 amide bonds. The second-order valence-electron chi connectivity index (χ2n) is 5.59. The molecule has 0 saturated carbocycles. The van der Waals surface area contributed by atoms with Gasteiger partial charge in [-0.2, -0.15) is 0 Å². The zero-order valence-corrected chi connectivity index (χ0v) is 12.2. The summed E-state index contributed by atoms with van der Waals surface area (Å²) in [5.74, 6) is 0.474. The van der Waals surface area contributed by atoms with Gasteiger partial charge in [-0.15, -0.1) is 0 Å². The minimum atomic E-state index is 0.200. The molecule has 2 aromatic carbocycles. The molecular weight excluding hydrogens is 258 g/mol. The van der Waals surface area contributed by atoms with Crippen LogP contribution in [0.4, 0.5) is 5.69 Å². The van der Waals surface area contributed by atoms with Crippen LogP contribution in [-0.2, 0) is 4.79 Å². The van der Waals surface area contributed by atoms with E-state index < -0.39 is 0 Å². The van der Waals surface area contributed by atoms with E-state index in [0.29, 0.717) is 6.42 Å². The van der Waals surface area contributed by atoms with Crippen LogP contribution in [0.2, 0.25) is 0 Å². The number of para-hydroxylation sites is 1. The van der Waals surface area contributed by atoms with Gasteiger partial charge in [0.1, 0.15) is 0 Å². The first kappa shape index (κ1) is 13.6. The topological polar surface area (TPSA) is 29.1 Å². The first-order valence-electron chi connectivity index (χ1n) is 7.33. The van der Waals surface area contributed by atoms with Gasteiger partial charge in [-0.3, -0.25) is 4.79 Å². The summed E-state index contributed by atoms with van der Waals surface area (Å²) in [5, 5.41) is 3.42. The van der Waals surface area contributed by atoms with E-state index in [4.69, 9.17) is 0 Å². The van der Waals surface area contributed by atoms with Crippen LogP contribution in [0.5, 0.6) is 0 Å². The molecule has 2 aromatic rings. The van der Waals surface area contributed by atoms with Gasteiger partial charge in [-0.1, -0.05) is 48.5 Å². The van der Waals surface area contributed by atoms with Crippen molar-refractivity contribution in [2.24, 2.45) is 0 Å². The van der Waals surface area contributed by atoms with Crippen molar-refractivity contribution in [2.75, 3.05) is 5.32 Å². The van der Waals surface area contributed by atoms with Crippen LogP contribution in [0.1, 0.15) is 29.9 Å². The Balaban J connectivity index is 1.80. The van der Waals surface area contributed by atoms with Crippen LogP contribution in [0.25, 0.3) is 0 Å². The smallest absolute Gasteiger partial charge is 0.158 e. The molecule has 0 heterocycles. The van der Waals surface area contributed by atoms with Crippen molar-refractivity contribution in [3.05, 3.63) is 77.5 Å². The molecule has 2 heteroatoms. The van der Waals surface area contributed by atoms with Crippen LogP contribution >= 0.6 is 0 Å². The van der Waals surface area contributed by atoms with Crippen molar-refractivity contribution in [1.29, 1.82) is 0 Å². The summed E-state index contributed by atoms with van der Waals surface area (Å²) in [6, 6.07) is 18.4. The lowest BCUT2D eigenvalue weighted by Gasteiger charge is -2.24. The van der Waals surface area contributed by atoms with Crippen molar-refractivity contribution in [2.45, 2.75) is 25.7 Å². The summed E-state index contributed by atoms with van der Waals surface area (Å²) in [6.07, 6.45) is 3.24. The highest BCUT2D eigenvalue weighted by molar-refractivity contribution is 5.92. The Hall–Kier alpha value is -2.35. The van der Waals surface area contributed by atoms with E-state index in [0.717, 1.165) is 17.8 Å². The molecule has 1 N–H and O–H groups in total. The minimum Gasteiger partial charge on any atom is -0.359 e. The Bertz CT molecular complexity index is 673. The van der Waals surface area contributed by atoms with Crippen molar-refractivity contribution < 1.29 is 4.79 Å². The number of hydrogen-bond acceptors (Lipinski definition) is 2. The molecular formula is C19H19NO. The molecule has 3 rings (SSSR count). The third-order valence-corrected chi connectivity index (χ3v) is 3.96. The number of ketones is 1. The Kier molecular flexibility index (Phi) is 3.87. The molecule has 21 heavy (non-hydrogen) atoms. The molecule has 1 atom stereocenters. The third kappa shape index (κ3) is 3.22. The average Bonchev–Trinajstić information content (AvgIpc) is 2.50. The first-order chi connectivity index (χ1) is 10.2. The normalized spacial score (nSPS) is 18.2. The summed E-state index contributed by atoms with van der Waals surface area (Å²) >= 11 is 0. The predicted molar refractivity (Wildman–Crippen MR) is 86.3 cm³/mol. The van der Waals surface area contributed by atoms with Crippen molar-refractivity contribution in [1.82, 2.24) is 0 Å². The summed E-state index contributed by atoms with van der Waals surface area (Å²) in [7, 11) is 0. The first-order valence-corrected chi connectivity index (χ1v) is 7.33. The fourth-order valence-electron chi connectivity index (χ4n) is 2.83. The van der Waals surface area contributed by atoms with Gasteiger partial charge in [0.05, 0.1) is 0 Å². The summed E-state index contributed by atoms with van der Waals surface area (Å²) in [5.41, 5.74) is 4.51. The molecule has 1 aliphatic rings. The molecule has 0 radical (unpaired) electrons. The molecule has 0 spiro atoms. The number of carbonyl (C=O) groups is 1. The highest BCUT2D eigenvalue weighted by Gasteiger charge is 2.22. The molecule has 0 aliphatic heterocycles. The predicted octanol–water partition coefficient (Wildman–Crippen LogP) is 4.44. The molecule has 1 aliphatic carbocycles. The number of rotatable bonds is 3. The largest absolute Gasteiger partial charge is 0.359 e. The number of hydrogen-bond donors (Lipinski definition) is 1. The van der Waals surface area contributed by atoms with Gasteiger partial charge < -0.3 is 5.32 Å². The lowest BCUT2D eigenvalue weighted by Crippen LogP contribution is -2.17. The minimum absolute atomic E-state index is 0.200. The summed E-state index contributed by atoms with van der Waals surface area (Å²) in [4.78, 5) is 12.0. The number of allylic oxidation sites excluding steroid dienone is 2. The van der Waals surface area contributed by atoms with E-state index >= 15 is 0 Å². The van der Waals surface area contributed by atoms with Gasteiger partial charge in [0.15, 0.2) is 5.78 Å². The van der Waals surface area contributed by atoms with Gasteiger partial charge in [-0.05, 0) is 36.5 Å². The number of carbonyl (C=O) groups excluding carboxylic acids is 1. The number of nitrogens with one attached hydrogen (secondary N) is 1. The Morgan fingerprint density at radius 1 is 0.952 bits per heavy atom. The van der Waals surface area contributed by atoms with E-state index in [1.54, 1.807) is 6.08 Å². The molecule has 0 unspecified atom stereocenters. The Morgan fingerprint density at radius 2 is 1.67 bits per heavy atom. The van der Waals surface area contributed by atoms with E-state index in [2.05, 4.69) is 30.4 Å². The van der Waals surface area contributed by atoms with Crippen LogP contribution in [0, 0.1) is 6.92 Å².